The molecule has 7 nitrogen and oxygen atoms in total. The first kappa shape index (κ1) is 24.5. The fourth-order valence-electron chi connectivity index (χ4n) is 5.27. The van der Waals surface area contributed by atoms with Crippen LogP contribution in [0.1, 0.15) is 62.6 Å². The average molecular weight is 505 g/mol. The van der Waals surface area contributed by atoms with Crippen molar-refractivity contribution in [3.8, 4) is 17.2 Å². The quantitative estimate of drug-likeness (QED) is 0.496. The number of nitrogens with zero attached hydrogens (tertiary/aromatic N) is 4. The van der Waals surface area contributed by atoms with Crippen molar-refractivity contribution < 1.29 is 14.6 Å². The molecule has 2 aliphatic heterocycles. The first-order chi connectivity index (χ1) is 17.1. The second-order valence-corrected chi connectivity index (χ2v) is 11.8. The molecule has 0 unspecified atom stereocenters. The summed E-state index contributed by atoms with van der Waals surface area (Å²) in [5.74, 6) is 0. The van der Waals surface area contributed by atoms with E-state index in [1.807, 2.05) is 49.9 Å². The van der Waals surface area contributed by atoms with Crippen LogP contribution < -0.4 is 4.90 Å². The predicted octanol–water partition coefficient (Wildman–Crippen LogP) is 5.65. The highest BCUT2D eigenvalue weighted by atomic mass is 32.1. The van der Waals surface area contributed by atoms with E-state index >= 15 is 0 Å². The molecule has 0 radical (unpaired) electrons. The van der Waals surface area contributed by atoms with Gasteiger partial charge in [-0.1, -0.05) is 0 Å². The lowest BCUT2D eigenvalue weighted by Gasteiger charge is -2.38. The van der Waals surface area contributed by atoms with Crippen molar-refractivity contribution in [1.82, 2.24) is 9.88 Å². The molecule has 0 saturated carbocycles. The number of aryl methyl sites for hydroxylation is 1. The summed E-state index contributed by atoms with van der Waals surface area (Å²) in [7, 11) is 0. The smallest absolute Gasteiger partial charge is 0.410 e. The van der Waals surface area contributed by atoms with Crippen molar-refractivity contribution in [1.29, 1.82) is 5.26 Å². The Morgan fingerprint density at radius 1 is 1.28 bits per heavy atom. The number of pyridine rings is 1. The Labute approximate surface area is 215 Å². The van der Waals surface area contributed by atoms with Crippen LogP contribution >= 0.6 is 11.3 Å². The largest absolute Gasteiger partial charge is 0.444 e. The predicted molar refractivity (Wildman–Crippen MR) is 142 cm³/mol. The Balaban J connectivity index is 1.57. The van der Waals surface area contributed by atoms with Gasteiger partial charge in [0.05, 0.1) is 28.0 Å². The molecule has 0 bridgehead atoms. The van der Waals surface area contributed by atoms with Gasteiger partial charge in [-0.15, -0.1) is 11.3 Å². The fourth-order valence-corrected chi connectivity index (χ4v) is 6.35. The van der Waals surface area contributed by atoms with Crippen molar-refractivity contribution in [3.63, 3.8) is 0 Å². The van der Waals surface area contributed by atoms with Crippen LogP contribution in [0.3, 0.4) is 0 Å². The third kappa shape index (κ3) is 4.65. The summed E-state index contributed by atoms with van der Waals surface area (Å²) < 4.78 is 6.64. The standard InChI is InChI=1S/C28H32N4O3S/c1-17(33)24-14-23-26(36-24)21(7-9-30-23)22-13-18(15-29)12-19-6-5-10-32(25(19)22)20-8-11-31(16-20)27(34)35-28(2,3)4/h7,9,12-14,17,20,33H,5-6,8,10-11,16H2,1-4H3/t17-,20+/m1/s1. The first-order valence-corrected chi connectivity index (χ1v) is 13.3. The molecule has 1 aromatic carbocycles. The summed E-state index contributed by atoms with van der Waals surface area (Å²) in [5, 5.41) is 20.0. The number of carbonyl (C=O) groups is 1. The zero-order valence-corrected chi connectivity index (χ0v) is 22.1. The minimum absolute atomic E-state index is 0.178. The van der Waals surface area contributed by atoms with Crippen molar-refractivity contribution in [2.45, 2.75) is 64.7 Å². The molecule has 1 fully saturated rings. The van der Waals surface area contributed by atoms with Gasteiger partial charge in [0.15, 0.2) is 0 Å². The van der Waals surface area contributed by atoms with Crippen molar-refractivity contribution in [3.05, 3.63) is 46.5 Å². The third-order valence-electron chi connectivity index (χ3n) is 6.84. The second-order valence-electron chi connectivity index (χ2n) is 10.7. The number of benzene rings is 1. The summed E-state index contributed by atoms with van der Waals surface area (Å²) in [5.41, 5.74) is 5.34. The van der Waals surface area contributed by atoms with Gasteiger partial charge >= 0.3 is 6.09 Å². The number of ether oxygens (including phenoxy) is 1. The van der Waals surface area contributed by atoms with Gasteiger partial charge in [-0.2, -0.15) is 5.26 Å². The maximum atomic E-state index is 12.7. The number of hydrogen-bond acceptors (Lipinski definition) is 7. The van der Waals surface area contributed by atoms with Crippen LogP contribution in [0.2, 0.25) is 0 Å². The lowest BCUT2D eigenvalue weighted by Crippen LogP contribution is -2.43. The average Bonchev–Trinajstić information content (AvgIpc) is 3.49. The van der Waals surface area contributed by atoms with E-state index in [1.165, 1.54) is 5.56 Å². The van der Waals surface area contributed by atoms with Gasteiger partial charge in [-0.25, -0.2) is 4.79 Å². The van der Waals surface area contributed by atoms with Crippen LogP contribution in [0.5, 0.6) is 0 Å². The number of anilines is 1. The Morgan fingerprint density at radius 3 is 2.81 bits per heavy atom. The van der Waals surface area contributed by atoms with Crippen molar-refractivity contribution in [2.24, 2.45) is 0 Å². The molecular formula is C28H32N4O3S. The lowest BCUT2D eigenvalue weighted by molar-refractivity contribution is 0.0292. The highest BCUT2D eigenvalue weighted by molar-refractivity contribution is 7.19. The minimum atomic E-state index is -0.565. The summed E-state index contributed by atoms with van der Waals surface area (Å²) in [6, 6.07) is 10.5. The van der Waals surface area contributed by atoms with E-state index in [4.69, 9.17) is 4.74 Å². The Bertz CT molecular complexity index is 1350. The van der Waals surface area contributed by atoms with E-state index < -0.39 is 11.7 Å². The molecule has 8 heteroatoms. The molecule has 36 heavy (non-hydrogen) atoms. The molecule has 1 saturated heterocycles. The highest BCUT2D eigenvalue weighted by Gasteiger charge is 2.36. The number of aromatic nitrogens is 1. The molecule has 1 amide bonds. The molecule has 2 aromatic heterocycles. The Morgan fingerprint density at radius 2 is 2.08 bits per heavy atom. The lowest BCUT2D eigenvalue weighted by atomic mass is 9.90. The number of amides is 1. The van der Waals surface area contributed by atoms with Gasteiger partial charge in [0.2, 0.25) is 0 Å². The van der Waals surface area contributed by atoms with Gasteiger partial charge < -0.3 is 19.6 Å². The second kappa shape index (κ2) is 9.38. The number of fused-ring (bicyclic) bond motifs is 2. The molecule has 5 rings (SSSR count). The van der Waals surface area contributed by atoms with Crippen LogP contribution in [-0.2, 0) is 11.2 Å². The number of aliphatic hydroxyl groups excluding tert-OH is 1. The molecule has 2 atom stereocenters. The van der Waals surface area contributed by atoms with Crippen LogP contribution in [0, 0.1) is 11.3 Å². The SMILES string of the molecule is C[C@@H](O)c1cc2nccc(-c3cc(C#N)cc4c3N([C@H]3CCN(C(=O)OC(C)(C)C)C3)CCC4)c2s1. The number of thiophene rings is 1. The summed E-state index contributed by atoms with van der Waals surface area (Å²) in [4.78, 5) is 22.4. The number of hydrogen-bond donors (Lipinski definition) is 1. The van der Waals surface area contributed by atoms with Gasteiger partial charge in [0.25, 0.3) is 0 Å². The molecular weight excluding hydrogens is 472 g/mol. The fraction of sp³-hybridized carbons (Fsp3) is 0.464. The zero-order valence-electron chi connectivity index (χ0n) is 21.2. The zero-order chi connectivity index (χ0) is 25.6. The number of nitriles is 1. The van der Waals surface area contributed by atoms with E-state index in [1.54, 1.807) is 24.5 Å². The van der Waals surface area contributed by atoms with Gasteiger partial charge in [0.1, 0.15) is 5.60 Å². The van der Waals surface area contributed by atoms with Crippen LogP contribution in [0.15, 0.2) is 30.5 Å². The number of likely N-dealkylation sites (tertiary alicyclic amines) is 1. The molecule has 4 heterocycles. The molecule has 188 valence electrons. The molecule has 0 aliphatic carbocycles. The topological polar surface area (TPSA) is 89.7 Å². The highest BCUT2D eigenvalue weighted by Crippen LogP contribution is 2.44. The Hall–Kier alpha value is -3.15. The number of carbonyl (C=O) groups excluding carboxylic acids is 1. The van der Waals surface area contributed by atoms with Crippen LogP contribution in [0.4, 0.5) is 10.5 Å². The van der Waals surface area contributed by atoms with Crippen molar-refractivity contribution >= 4 is 33.3 Å². The number of aliphatic hydroxyl groups is 1. The van der Waals surface area contributed by atoms with E-state index in [0.717, 1.165) is 57.7 Å². The van der Waals surface area contributed by atoms with Gasteiger partial charge in [0, 0.05) is 53.6 Å². The van der Waals surface area contributed by atoms with Crippen LogP contribution in [0.25, 0.3) is 21.3 Å². The first-order valence-electron chi connectivity index (χ1n) is 12.5. The van der Waals surface area contributed by atoms with E-state index in [2.05, 4.69) is 16.0 Å². The minimum Gasteiger partial charge on any atom is -0.444 e. The van der Waals surface area contributed by atoms with Crippen molar-refractivity contribution in [2.75, 3.05) is 24.5 Å². The third-order valence-corrected chi connectivity index (χ3v) is 8.17. The van der Waals surface area contributed by atoms with Crippen LogP contribution in [-0.4, -0.2) is 52.4 Å². The normalized spacial score (nSPS) is 18.7. The van der Waals surface area contributed by atoms with E-state index in [9.17, 15) is 15.2 Å². The Kier molecular flexibility index (Phi) is 6.39. The molecule has 0 spiro atoms. The monoisotopic (exact) mass is 504 g/mol. The van der Waals surface area contributed by atoms with Gasteiger partial charge in [-0.3, -0.25) is 4.98 Å². The van der Waals surface area contributed by atoms with E-state index in [-0.39, 0.29) is 12.1 Å². The molecule has 2 aliphatic rings. The summed E-state index contributed by atoms with van der Waals surface area (Å²) in [6.45, 7) is 9.62. The number of rotatable bonds is 3. The maximum absolute atomic E-state index is 12.7. The van der Waals surface area contributed by atoms with E-state index in [0.29, 0.717) is 18.7 Å². The summed E-state index contributed by atoms with van der Waals surface area (Å²) >= 11 is 1.55. The summed E-state index contributed by atoms with van der Waals surface area (Å²) in [6.07, 6.45) is 3.76. The molecule has 1 N–H and O–H groups in total. The molecule has 3 aromatic rings. The maximum Gasteiger partial charge on any atom is 0.410 e. The van der Waals surface area contributed by atoms with Gasteiger partial charge in [-0.05, 0) is 76.8 Å².